The van der Waals surface area contributed by atoms with Crippen LogP contribution in [0.3, 0.4) is 0 Å². The molecule has 5 heteroatoms. The van der Waals surface area contributed by atoms with Gasteiger partial charge in [-0.3, -0.25) is 14.2 Å². The van der Waals surface area contributed by atoms with Crippen LogP contribution in [0.1, 0.15) is 45.3 Å². The van der Waals surface area contributed by atoms with Crippen molar-refractivity contribution in [3.8, 4) is 0 Å². The minimum absolute atomic E-state index is 0.0278. The lowest BCUT2D eigenvalue weighted by molar-refractivity contribution is 0.0593. The summed E-state index contributed by atoms with van der Waals surface area (Å²) in [6, 6.07) is 15.6. The van der Waals surface area contributed by atoms with Gasteiger partial charge in [-0.2, -0.15) is 0 Å². The molecule has 2 aliphatic heterocycles. The fourth-order valence-electron chi connectivity index (χ4n) is 4.41. The maximum atomic E-state index is 13.1. The number of aromatic nitrogens is 1. The highest BCUT2D eigenvalue weighted by molar-refractivity contribution is 9.10. The largest absolute Gasteiger partial charge is 0.330 e. The summed E-state index contributed by atoms with van der Waals surface area (Å²) in [5, 5.41) is 1.15. The van der Waals surface area contributed by atoms with Crippen LogP contribution in [0.25, 0.3) is 10.9 Å². The first-order valence-electron chi connectivity index (χ1n) is 8.87. The molecule has 3 aromatic rings. The number of para-hydroxylation sites is 1. The van der Waals surface area contributed by atoms with E-state index in [1.54, 1.807) is 0 Å². The monoisotopic (exact) mass is 408 g/mol. The van der Waals surface area contributed by atoms with Crippen LogP contribution in [0.5, 0.6) is 0 Å². The van der Waals surface area contributed by atoms with Crippen molar-refractivity contribution in [3.63, 3.8) is 0 Å². The zero-order valence-corrected chi connectivity index (χ0v) is 15.7. The Morgan fingerprint density at radius 2 is 1.81 bits per heavy atom. The van der Waals surface area contributed by atoms with Crippen molar-refractivity contribution < 1.29 is 9.59 Å². The molecule has 26 heavy (non-hydrogen) atoms. The molecule has 0 saturated carbocycles. The molecule has 2 aromatic carbocycles. The Bertz CT molecular complexity index is 1050. The maximum absolute atomic E-state index is 13.1. The number of carbonyl (C=O) groups is 2. The van der Waals surface area contributed by atoms with E-state index in [0.717, 1.165) is 27.5 Å². The number of fused-ring (bicyclic) bond motifs is 3. The standard InChI is InChI=1S/C21H17BrN2O2/c22-14-7-5-13(6-8-14)21(26)23-12-11-16-15-3-1-2-4-17(15)24-19(25)10-9-18(23)20(16)24/h1-8,18H,9-12H2. The van der Waals surface area contributed by atoms with E-state index < -0.39 is 0 Å². The number of benzene rings is 2. The van der Waals surface area contributed by atoms with Crippen molar-refractivity contribution in [3.05, 3.63) is 69.8 Å². The molecule has 0 spiro atoms. The summed E-state index contributed by atoms with van der Waals surface area (Å²) in [5.74, 6) is 0.177. The molecular formula is C21H17BrN2O2. The first-order valence-corrected chi connectivity index (χ1v) is 9.66. The molecule has 0 bridgehead atoms. The highest BCUT2D eigenvalue weighted by Crippen LogP contribution is 2.42. The van der Waals surface area contributed by atoms with Gasteiger partial charge in [-0.1, -0.05) is 34.1 Å². The van der Waals surface area contributed by atoms with E-state index in [2.05, 4.69) is 22.0 Å². The molecule has 5 rings (SSSR count). The molecule has 0 N–H and O–H groups in total. The van der Waals surface area contributed by atoms with Crippen LogP contribution in [-0.2, 0) is 6.42 Å². The van der Waals surface area contributed by atoms with E-state index in [-0.39, 0.29) is 17.9 Å². The molecule has 0 saturated heterocycles. The Labute approximate surface area is 159 Å². The summed E-state index contributed by atoms with van der Waals surface area (Å²) < 4.78 is 2.82. The van der Waals surface area contributed by atoms with Crippen LogP contribution in [0.4, 0.5) is 0 Å². The van der Waals surface area contributed by atoms with Gasteiger partial charge in [0, 0.05) is 28.4 Å². The molecule has 1 unspecified atom stereocenters. The Kier molecular flexibility index (Phi) is 3.54. The average molecular weight is 409 g/mol. The Hall–Kier alpha value is -2.40. The van der Waals surface area contributed by atoms with Crippen LogP contribution >= 0.6 is 15.9 Å². The van der Waals surface area contributed by atoms with Crippen molar-refractivity contribution in [2.45, 2.75) is 25.3 Å². The maximum Gasteiger partial charge on any atom is 0.254 e. The van der Waals surface area contributed by atoms with Crippen LogP contribution < -0.4 is 0 Å². The Balaban J connectivity index is 1.64. The number of rotatable bonds is 1. The van der Waals surface area contributed by atoms with Crippen LogP contribution in [0, 0.1) is 0 Å². The topological polar surface area (TPSA) is 42.3 Å². The fraction of sp³-hybridized carbons (Fsp3) is 0.238. The molecule has 3 heterocycles. The number of nitrogens with zero attached hydrogens (tertiary/aromatic N) is 2. The molecule has 1 aromatic heterocycles. The second-order valence-electron chi connectivity index (χ2n) is 6.92. The third kappa shape index (κ3) is 2.20. The van der Waals surface area contributed by atoms with Gasteiger partial charge in [0.1, 0.15) is 0 Å². The number of amides is 1. The molecule has 0 radical (unpaired) electrons. The van der Waals surface area contributed by atoms with Gasteiger partial charge in [0.15, 0.2) is 0 Å². The van der Waals surface area contributed by atoms with E-state index in [1.165, 1.54) is 5.56 Å². The van der Waals surface area contributed by atoms with Gasteiger partial charge in [-0.25, -0.2) is 0 Å². The molecule has 1 amide bonds. The number of hydrogen-bond acceptors (Lipinski definition) is 2. The van der Waals surface area contributed by atoms with Crippen molar-refractivity contribution in [2.24, 2.45) is 0 Å². The first-order chi connectivity index (χ1) is 12.6. The second-order valence-corrected chi connectivity index (χ2v) is 7.84. The van der Waals surface area contributed by atoms with Crippen molar-refractivity contribution in [1.82, 2.24) is 9.47 Å². The van der Waals surface area contributed by atoms with E-state index >= 15 is 0 Å². The average Bonchev–Trinajstić information content (AvgIpc) is 3.01. The summed E-state index contributed by atoms with van der Waals surface area (Å²) in [4.78, 5) is 27.7. The summed E-state index contributed by atoms with van der Waals surface area (Å²) in [7, 11) is 0. The van der Waals surface area contributed by atoms with Gasteiger partial charge >= 0.3 is 0 Å². The normalized spacial score (nSPS) is 18.9. The molecule has 130 valence electrons. The van der Waals surface area contributed by atoms with Gasteiger partial charge < -0.3 is 4.90 Å². The summed E-state index contributed by atoms with van der Waals surface area (Å²) in [5.41, 5.74) is 3.93. The minimum Gasteiger partial charge on any atom is -0.330 e. The number of halogens is 1. The zero-order chi connectivity index (χ0) is 17.8. The fourth-order valence-corrected chi connectivity index (χ4v) is 4.67. The van der Waals surface area contributed by atoms with Crippen molar-refractivity contribution >= 4 is 38.6 Å². The second kappa shape index (κ2) is 5.81. The lowest BCUT2D eigenvalue weighted by atomic mass is 9.91. The van der Waals surface area contributed by atoms with Crippen molar-refractivity contribution in [2.75, 3.05) is 6.54 Å². The molecule has 0 aliphatic carbocycles. The molecular weight excluding hydrogens is 392 g/mol. The first kappa shape index (κ1) is 15.8. The Morgan fingerprint density at radius 3 is 2.62 bits per heavy atom. The van der Waals surface area contributed by atoms with E-state index in [0.29, 0.717) is 24.9 Å². The lowest BCUT2D eigenvalue weighted by Gasteiger charge is -2.39. The highest BCUT2D eigenvalue weighted by Gasteiger charge is 2.39. The van der Waals surface area contributed by atoms with Gasteiger partial charge in [0.2, 0.25) is 5.91 Å². The zero-order valence-electron chi connectivity index (χ0n) is 14.1. The van der Waals surface area contributed by atoms with Crippen LogP contribution in [-0.4, -0.2) is 27.8 Å². The predicted molar refractivity (Wildman–Crippen MR) is 103 cm³/mol. The smallest absolute Gasteiger partial charge is 0.254 e. The van der Waals surface area contributed by atoms with E-state index in [9.17, 15) is 9.59 Å². The SMILES string of the molecule is O=C(c1ccc(Br)cc1)N1CCc2c3n(c4ccccc24)C(=O)CCC31. The van der Waals surface area contributed by atoms with E-state index in [1.807, 2.05) is 51.9 Å². The number of carbonyl (C=O) groups excluding carboxylic acids is 2. The number of hydrogen-bond donors (Lipinski definition) is 0. The summed E-state index contributed by atoms with van der Waals surface area (Å²) >= 11 is 3.42. The highest BCUT2D eigenvalue weighted by atomic mass is 79.9. The van der Waals surface area contributed by atoms with Crippen molar-refractivity contribution in [1.29, 1.82) is 0 Å². The molecule has 0 fully saturated rings. The molecule has 4 nitrogen and oxygen atoms in total. The third-order valence-corrected chi connectivity index (χ3v) is 6.08. The van der Waals surface area contributed by atoms with E-state index in [4.69, 9.17) is 0 Å². The molecule has 1 atom stereocenters. The molecule has 2 aliphatic rings. The minimum atomic E-state index is -0.0278. The third-order valence-electron chi connectivity index (χ3n) is 5.55. The predicted octanol–water partition coefficient (Wildman–Crippen LogP) is 4.58. The summed E-state index contributed by atoms with van der Waals surface area (Å²) in [6.45, 7) is 0.689. The Morgan fingerprint density at radius 1 is 1.04 bits per heavy atom. The van der Waals surface area contributed by atoms with Gasteiger partial charge in [0.25, 0.3) is 5.91 Å². The summed E-state index contributed by atoms with van der Waals surface area (Å²) in [6.07, 6.45) is 1.96. The lowest BCUT2D eigenvalue weighted by Crippen LogP contribution is -2.43. The quantitative estimate of drug-likeness (QED) is 0.591. The van der Waals surface area contributed by atoms with Gasteiger partial charge in [-0.15, -0.1) is 0 Å². The van der Waals surface area contributed by atoms with Gasteiger partial charge in [0.05, 0.1) is 17.3 Å². The van der Waals surface area contributed by atoms with Gasteiger partial charge in [-0.05, 0) is 48.7 Å². The van der Waals surface area contributed by atoms with Crippen LogP contribution in [0.2, 0.25) is 0 Å². The van der Waals surface area contributed by atoms with Crippen LogP contribution in [0.15, 0.2) is 53.0 Å².